The van der Waals surface area contributed by atoms with Gasteiger partial charge in [0, 0.05) is 12.2 Å². The van der Waals surface area contributed by atoms with Crippen LogP contribution < -0.4 is 4.90 Å². The number of thiazole rings is 1. The second-order valence-electron chi connectivity index (χ2n) is 6.88. The number of anilines is 1. The molecule has 5 nitrogen and oxygen atoms in total. The minimum absolute atomic E-state index is 0.106. The fourth-order valence-corrected chi connectivity index (χ4v) is 5.99. The molecule has 0 radical (unpaired) electrons. The highest BCUT2D eigenvalue weighted by Gasteiger charge is 2.24. The molecule has 0 fully saturated rings. The number of benzene rings is 1. The van der Waals surface area contributed by atoms with E-state index in [2.05, 4.69) is 32.7 Å². The molecule has 1 aliphatic rings. The van der Waals surface area contributed by atoms with Gasteiger partial charge in [0.05, 0.1) is 21.2 Å². The van der Waals surface area contributed by atoms with Gasteiger partial charge < -0.3 is 4.90 Å². The third-order valence-electron chi connectivity index (χ3n) is 4.93. The van der Waals surface area contributed by atoms with E-state index in [1.165, 1.54) is 17.3 Å². The van der Waals surface area contributed by atoms with Gasteiger partial charge in [-0.05, 0) is 48.6 Å². The van der Waals surface area contributed by atoms with Crippen LogP contribution in [0.4, 0.5) is 5.69 Å². The number of aromatic nitrogens is 3. The molecule has 3 aromatic heterocycles. The number of thiophene rings is 1. The summed E-state index contributed by atoms with van der Waals surface area (Å²) in [5.74, 6) is 0.458. The molecule has 0 bridgehead atoms. The number of hydrogen-bond acceptors (Lipinski definition) is 7. The number of carbonyl (C=O) groups excluding carboxylic acids is 1. The summed E-state index contributed by atoms with van der Waals surface area (Å²) in [6.45, 7) is 2.75. The fraction of sp³-hybridized carbons (Fsp3) is 0.182. The average Bonchev–Trinajstić information content (AvgIpc) is 3.52. The highest BCUT2D eigenvalue weighted by Crippen LogP contribution is 2.36. The monoisotopic (exact) mass is 450 g/mol. The lowest BCUT2D eigenvalue weighted by Crippen LogP contribution is -2.30. The van der Waals surface area contributed by atoms with Gasteiger partial charge in [-0.15, -0.1) is 32.9 Å². The van der Waals surface area contributed by atoms with Crippen LogP contribution in [0.25, 0.3) is 20.5 Å². The summed E-state index contributed by atoms with van der Waals surface area (Å²) in [7, 11) is 0. The van der Waals surface area contributed by atoms with Crippen molar-refractivity contribution in [2.45, 2.75) is 18.4 Å². The highest BCUT2D eigenvalue weighted by molar-refractivity contribution is 7.99. The van der Waals surface area contributed by atoms with E-state index in [-0.39, 0.29) is 5.91 Å². The Kier molecular flexibility index (Phi) is 5.37. The van der Waals surface area contributed by atoms with Gasteiger partial charge in [0.25, 0.3) is 0 Å². The number of carbonyl (C=O) groups is 1. The minimum atomic E-state index is 0.106. The molecule has 0 N–H and O–H groups in total. The van der Waals surface area contributed by atoms with Crippen LogP contribution in [0.1, 0.15) is 11.3 Å². The van der Waals surface area contributed by atoms with E-state index in [0.717, 1.165) is 49.8 Å². The first kappa shape index (κ1) is 19.4. The van der Waals surface area contributed by atoms with E-state index in [0.29, 0.717) is 5.75 Å². The smallest absolute Gasteiger partial charge is 0.237 e. The number of amides is 1. The fourth-order valence-electron chi connectivity index (χ4n) is 3.47. The minimum Gasteiger partial charge on any atom is -0.311 e. The van der Waals surface area contributed by atoms with E-state index in [1.807, 2.05) is 48.2 Å². The van der Waals surface area contributed by atoms with E-state index < -0.39 is 0 Å². The third-order valence-corrected chi connectivity index (χ3v) is 8.06. The van der Waals surface area contributed by atoms with Gasteiger partial charge in [-0.25, -0.2) is 4.98 Å². The van der Waals surface area contributed by atoms with Crippen LogP contribution in [0.3, 0.4) is 0 Å². The molecule has 4 aromatic rings. The molecule has 0 saturated carbocycles. The predicted octanol–water partition coefficient (Wildman–Crippen LogP) is 5.32. The predicted molar refractivity (Wildman–Crippen MR) is 124 cm³/mol. The SMILES string of the molecule is Cc1nc(-c2cccs2)sc1-c1ccc(SCC(=O)N2CCc3ccccc32)nn1. The molecular weight excluding hydrogens is 432 g/mol. The van der Waals surface area contributed by atoms with Crippen molar-refractivity contribution in [1.29, 1.82) is 0 Å². The molecule has 0 saturated heterocycles. The Labute approximate surface area is 186 Å². The molecule has 0 atom stereocenters. The van der Waals surface area contributed by atoms with Crippen LogP contribution in [-0.4, -0.2) is 33.4 Å². The van der Waals surface area contributed by atoms with Gasteiger partial charge in [0.1, 0.15) is 15.7 Å². The zero-order chi connectivity index (χ0) is 20.5. The Morgan fingerprint density at radius 3 is 2.83 bits per heavy atom. The van der Waals surface area contributed by atoms with Gasteiger partial charge in [0.15, 0.2) is 0 Å². The van der Waals surface area contributed by atoms with Crippen LogP contribution in [-0.2, 0) is 11.2 Å². The maximum Gasteiger partial charge on any atom is 0.237 e. The molecule has 5 rings (SSSR count). The Morgan fingerprint density at radius 1 is 1.13 bits per heavy atom. The summed E-state index contributed by atoms with van der Waals surface area (Å²) in [4.78, 5) is 21.4. The zero-order valence-electron chi connectivity index (χ0n) is 16.2. The van der Waals surface area contributed by atoms with Crippen LogP contribution >= 0.6 is 34.4 Å². The van der Waals surface area contributed by atoms with Crippen molar-refractivity contribution in [1.82, 2.24) is 15.2 Å². The van der Waals surface area contributed by atoms with Gasteiger partial charge in [-0.1, -0.05) is 36.0 Å². The van der Waals surface area contributed by atoms with Crippen molar-refractivity contribution in [3.63, 3.8) is 0 Å². The Hall–Kier alpha value is -2.55. The summed E-state index contributed by atoms with van der Waals surface area (Å²) < 4.78 is 0. The van der Waals surface area contributed by atoms with Crippen molar-refractivity contribution in [3.05, 3.63) is 65.2 Å². The molecule has 1 aliphatic heterocycles. The van der Waals surface area contributed by atoms with Crippen LogP contribution in [0, 0.1) is 6.92 Å². The second-order valence-corrected chi connectivity index (χ2v) is 9.82. The first-order chi connectivity index (χ1) is 14.7. The van der Waals surface area contributed by atoms with Crippen molar-refractivity contribution in [2.75, 3.05) is 17.2 Å². The Bertz CT molecular complexity index is 1190. The van der Waals surface area contributed by atoms with E-state index >= 15 is 0 Å². The summed E-state index contributed by atoms with van der Waals surface area (Å²) in [6.07, 6.45) is 0.919. The van der Waals surface area contributed by atoms with Crippen LogP contribution in [0.15, 0.2) is 58.9 Å². The van der Waals surface area contributed by atoms with Gasteiger partial charge in [0.2, 0.25) is 5.91 Å². The molecule has 1 aromatic carbocycles. The average molecular weight is 451 g/mol. The molecule has 0 spiro atoms. The standard InChI is InChI=1S/C22H18N4OS3/c1-14-21(30-22(23-14)18-7-4-12-28-18)16-8-9-19(25-24-16)29-13-20(27)26-11-10-15-5-2-3-6-17(15)26/h2-9,12H,10-11,13H2,1H3. The Balaban J connectivity index is 1.26. The van der Waals surface area contributed by atoms with Crippen molar-refractivity contribution in [3.8, 4) is 20.5 Å². The molecule has 0 aliphatic carbocycles. The third kappa shape index (κ3) is 3.78. The van der Waals surface area contributed by atoms with Crippen molar-refractivity contribution >= 4 is 46.0 Å². The highest BCUT2D eigenvalue weighted by atomic mass is 32.2. The Morgan fingerprint density at radius 2 is 2.03 bits per heavy atom. The maximum atomic E-state index is 12.7. The quantitative estimate of drug-likeness (QED) is 0.385. The molecular formula is C22H18N4OS3. The number of para-hydroxylation sites is 1. The van der Waals surface area contributed by atoms with Crippen molar-refractivity contribution in [2.24, 2.45) is 0 Å². The number of thioether (sulfide) groups is 1. The van der Waals surface area contributed by atoms with E-state index in [4.69, 9.17) is 0 Å². The number of hydrogen-bond donors (Lipinski definition) is 0. The number of rotatable bonds is 5. The van der Waals surface area contributed by atoms with Crippen LogP contribution in [0.5, 0.6) is 0 Å². The first-order valence-electron chi connectivity index (χ1n) is 9.55. The lowest BCUT2D eigenvalue weighted by molar-refractivity contribution is -0.116. The number of aryl methyl sites for hydroxylation is 1. The second kappa shape index (κ2) is 8.29. The summed E-state index contributed by atoms with van der Waals surface area (Å²) >= 11 is 4.74. The summed E-state index contributed by atoms with van der Waals surface area (Å²) in [5, 5.41) is 12.5. The normalized spacial score (nSPS) is 12.9. The number of fused-ring (bicyclic) bond motifs is 1. The summed E-state index contributed by atoms with van der Waals surface area (Å²) in [6, 6.07) is 16.1. The molecule has 1 amide bonds. The van der Waals surface area contributed by atoms with Crippen LogP contribution in [0.2, 0.25) is 0 Å². The lowest BCUT2D eigenvalue weighted by Gasteiger charge is -2.16. The van der Waals surface area contributed by atoms with Gasteiger partial charge in [-0.2, -0.15) is 0 Å². The largest absolute Gasteiger partial charge is 0.311 e. The first-order valence-corrected chi connectivity index (χ1v) is 12.2. The topological polar surface area (TPSA) is 59.0 Å². The van der Waals surface area contributed by atoms with Gasteiger partial charge >= 0.3 is 0 Å². The number of nitrogens with zero attached hydrogens (tertiary/aromatic N) is 4. The van der Waals surface area contributed by atoms with Crippen molar-refractivity contribution < 1.29 is 4.79 Å². The van der Waals surface area contributed by atoms with E-state index in [1.54, 1.807) is 22.7 Å². The summed E-state index contributed by atoms with van der Waals surface area (Å²) in [5.41, 5.74) is 4.05. The molecule has 0 unspecified atom stereocenters. The lowest BCUT2D eigenvalue weighted by atomic mass is 10.2. The molecule has 150 valence electrons. The zero-order valence-corrected chi connectivity index (χ0v) is 18.7. The van der Waals surface area contributed by atoms with E-state index in [9.17, 15) is 4.79 Å². The molecule has 8 heteroatoms. The maximum absolute atomic E-state index is 12.7. The molecule has 30 heavy (non-hydrogen) atoms. The van der Waals surface area contributed by atoms with Gasteiger partial charge in [-0.3, -0.25) is 4.79 Å². The molecule has 4 heterocycles.